The first kappa shape index (κ1) is 22.0. The predicted molar refractivity (Wildman–Crippen MR) is 62.2 cm³/mol. The zero-order valence-electron chi connectivity index (χ0n) is 10.9. The van der Waals surface area contributed by atoms with Gasteiger partial charge in [-0.15, -0.1) is 0 Å². The van der Waals surface area contributed by atoms with Crippen LogP contribution in [0.4, 0.5) is 0 Å². The lowest BCUT2D eigenvalue weighted by Crippen LogP contribution is -2.84. The first-order valence-electron chi connectivity index (χ1n) is 5.43. The molecule has 0 spiro atoms. The molecule has 0 bridgehead atoms. The molecule has 4 unspecified atom stereocenters. The topological polar surface area (TPSA) is 282 Å². The van der Waals surface area contributed by atoms with Gasteiger partial charge in [-0.25, -0.2) is 0 Å². The highest BCUT2D eigenvalue weighted by atomic mass is 31.1. The maximum atomic E-state index is 11.3. The molecule has 136 valence electrons. The largest absolute Gasteiger partial charge is 0.593 e. The summed E-state index contributed by atoms with van der Waals surface area (Å²) in [5, 5.41) is 40.3. The van der Waals surface area contributed by atoms with Gasteiger partial charge in [0, 0.05) is 0 Å². The van der Waals surface area contributed by atoms with Crippen molar-refractivity contribution in [1.29, 1.82) is 0 Å². The van der Waals surface area contributed by atoms with Crippen LogP contribution >= 0.6 is 32.1 Å². The van der Waals surface area contributed by atoms with E-state index in [2.05, 4.69) is 0 Å². The maximum absolute atomic E-state index is 11.3. The lowest BCUT2D eigenvalue weighted by atomic mass is 9.82. The molecule has 0 aromatic rings. The van der Waals surface area contributed by atoms with Gasteiger partial charge in [0.05, 0.1) is 0 Å². The summed E-state index contributed by atoms with van der Waals surface area (Å²) < 4.78 is 45.0. The third-order valence-electron chi connectivity index (χ3n) is 3.72. The molecule has 0 aromatic carbocycles. The summed E-state index contributed by atoms with van der Waals surface area (Å²) in [6.07, 6.45) is -6.91. The smallest absolute Gasteiger partial charge is 0.419 e. The second kappa shape index (κ2) is 6.31. The maximum Gasteiger partial charge on any atom is 0.419 e. The molecular formula is C6H8O14P4. The van der Waals surface area contributed by atoms with Crippen LogP contribution in [0.2, 0.25) is 0 Å². The van der Waals surface area contributed by atoms with E-state index in [1.54, 1.807) is 0 Å². The van der Waals surface area contributed by atoms with E-state index in [4.69, 9.17) is 0 Å². The standard InChI is InChI=1S/C6H8O14P4/c7-1-2(8)4(10,22(15)16)6(12,24(19)20)5(11,23(17)18)3(1,9)21(13)14/h1-2,7-12H/t1-,2+,3-,4+,5-,6-/m0/s1. The molecule has 0 heterocycles. The second-order valence-corrected chi connectivity index (χ2v) is 9.43. The Balaban J connectivity index is 4.14. The molecule has 24 heavy (non-hydrogen) atoms. The monoisotopic (exact) mass is 428 g/mol. The van der Waals surface area contributed by atoms with E-state index in [0.29, 0.717) is 0 Å². The second-order valence-electron chi connectivity index (χ2n) is 4.71. The van der Waals surface area contributed by atoms with Crippen molar-refractivity contribution in [3.05, 3.63) is 0 Å². The van der Waals surface area contributed by atoms with Crippen LogP contribution < -0.4 is 19.6 Å². The van der Waals surface area contributed by atoms with E-state index in [1.807, 2.05) is 0 Å². The molecule has 1 aliphatic carbocycles. The third kappa shape index (κ3) is 2.16. The molecular weight excluding hydrogens is 420 g/mol. The fourth-order valence-electron chi connectivity index (χ4n) is 2.36. The van der Waals surface area contributed by atoms with Crippen molar-refractivity contribution < 1.29 is 68.5 Å². The van der Waals surface area contributed by atoms with Crippen LogP contribution in [0.25, 0.3) is 0 Å². The normalized spacial score (nSPS) is 48.6. The molecule has 10 atom stereocenters. The molecule has 1 saturated carbocycles. The Kier molecular flexibility index (Phi) is 5.80. The van der Waals surface area contributed by atoms with E-state index in [9.17, 15) is 68.5 Å². The molecule has 14 nitrogen and oxygen atoms in total. The van der Waals surface area contributed by atoms with Gasteiger partial charge in [0.2, 0.25) is 0 Å². The van der Waals surface area contributed by atoms with Crippen LogP contribution in [0.15, 0.2) is 0 Å². The summed E-state index contributed by atoms with van der Waals surface area (Å²) in [5.41, 5.74) is 0. The fourth-order valence-corrected chi connectivity index (χ4v) is 7.20. The van der Waals surface area contributed by atoms with Crippen molar-refractivity contribution in [3.63, 3.8) is 0 Å². The molecule has 0 saturated heterocycles. The van der Waals surface area contributed by atoms with E-state index in [0.717, 1.165) is 0 Å². The quantitative estimate of drug-likeness (QED) is 0.227. The van der Waals surface area contributed by atoms with E-state index in [1.165, 1.54) is 0 Å². The average molecular weight is 428 g/mol. The zero-order chi connectivity index (χ0) is 19.5. The SMILES string of the molecule is O=[P+]([O-])[C@]1(O)[C@@](O)([P+](=O)[O-])[C@@](O)([P+](=O)[O-])[C@@H](O)[C@@H](O)[C@@]1(O)[P+](=O)[O-]. The molecule has 1 fully saturated rings. The zero-order valence-corrected chi connectivity index (χ0v) is 14.5. The van der Waals surface area contributed by atoms with Crippen molar-refractivity contribution in [3.8, 4) is 0 Å². The van der Waals surface area contributed by atoms with E-state index in [-0.39, 0.29) is 0 Å². The van der Waals surface area contributed by atoms with Gasteiger partial charge in [-0.3, -0.25) is 0 Å². The molecule has 18 heteroatoms. The Morgan fingerprint density at radius 2 is 0.792 bits per heavy atom. The van der Waals surface area contributed by atoms with Crippen LogP contribution in [-0.4, -0.2) is 64.2 Å². The highest BCUT2D eigenvalue weighted by molar-refractivity contribution is 7.48. The third-order valence-corrected chi connectivity index (χ3v) is 8.93. The average Bonchev–Trinajstić information content (AvgIpc) is 2.47. The minimum atomic E-state index is -4.98. The van der Waals surface area contributed by atoms with Gasteiger partial charge in [-0.1, -0.05) is 18.3 Å². The summed E-state index contributed by atoms with van der Waals surface area (Å²) in [6.45, 7) is 0. The Morgan fingerprint density at radius 1 is 0.583 bits per heavy atom. The van der Waals surface area contributed by atoms with Gasteiger partial charge in [-0.05, 0) is 0 Å². The van der Waals surface area contributed by atoms with Gasteiger partial charge < -0.3 is 50.2 Å². The highest BCUT2D eigenvalue weighted by Crippen LogP contribution is 2.70. The first-order valence-corrected chi connectivity index (χ1v) is 10.1. The minimum absolute atomic E-state index is 3.45. The summed E-state index contributed by atoms with van der Waals surface area (Å²) in [6, 6.07) is 0. The molecule has 1 rings (SSSR count). The highest BCUT2D eigenvalue weighted by Gasteiger charge is 3.01. The molecule has 0 aliphatic heterocycles. The van der Waals surface area contributed by atoms with Crippen molar-refractivity contribution in [2.75, 3.05) is 0 Å². The van der Waals surface area contributed by atoms with Gasteiger partial charge in [-0.2, -0.15) is 0 Å². The van der Waals surface area contributed by atoms with Crippen molar-refractivity contribution >= 4 is 32.1 Å². The molecule has 0 aromatic heterocycles. The number of hydrogen-bond donors (Lipinski definition) is 6. The van der Waals surface area contributed by atoms with Gasteiger partial charge in [0.1, 0.15) is 0 Å². The van der Waals surface area contributed by atoms with Crippen LogP contribution in [0.3, 0.4) is 0 Å². The number of hydrogen-bond acceptors (Lipinski definition) is 14. The summed E-state index contributed by atoms with van der Waals surface area (Å²) in [5.74, 6) is 0. The van der Waals surface area contributed by atoms with Gasteiger partial charge in [0.25, 0.3) is 0 Å². The van der Waals surface area contributed by atoms with E-state index >= 15 is 0 Å². The molecule has 0 radical (unpaired) electrons. The van der Waals surface area contributed by atoms with Gasteiger partial charge in [0.15, 0.2) is 12.2 Å². The van der Waals surface area contributed by atoms with Crippen molar-refractivity contribution in [2.45, 2.75) is 33.6 Å². The van der Waals surface area contributed by atoms with Gasteiger partial charge >= 0.3 is 53.5 Å². The van der Waals surface area contributed by atoms with Crippen molar-refractivity contribution in [1.82, 2.24) is 0 Å². The molecule has 6 N–H and O–H groups in total. The summed E-state index contributed by atoms with van der Waals surface area (Å²) in [4.78, 5) is 45.0. The van der Waals surface area contributed by atoms with Crippen LogP contribution in [0.5, 0.6) is 0 Å². The Hall–Kier alpha value is -0.000000000000000104. The fraction of sp³-hybridized carbons (Fsp3) is 1.00. The first-order chi connectivity index (χ1) is 10.6. The predicted octanol–water partition coefficient (Wildman–Crippen LogP) is -6.11. The van der Waals surface area contributed by atoms with Crippen molar-refractivity contribution in [2.24, 2.45) is 0 Å². The Morgan fingerprint density at radius 3 is 0.917 bits per heavy atom. The number of aliphatic hydroxyl groups is 6. The summed E-state index contributed by atoms with van der Waals surface area (Å²) in [7, 11) is -19.5. The number of aliphatic hydroxyl groups excluding tert-OH is 2. The van der Waals surface area contributed by atoms with Crippen LogP contribution in [0, 0.1) is 0 Å². The van der Waals surface area contributed by atoms with E-state index < -0.39 is 65.7 Å². The Labute approximate surface area is 135 Å². The molecule has 0 amide bonds. The number of rotatable bonds is 4. The Bertz CT molecular complexity index is 585. The molecule has 1 aliphatic rings. The lowest BCUT2D eigenvalue weighted by molar-refractivity contribution is -0.328. The lowest BCUT2D eigenvalue weighted by Gasteiger charge is -2.48. The van der Waals surface area contributed by atoms with Crippen LogP contribution in [0.1, 0.15) is 0 Å². The van der Waals surface area contributed by atoms with Crippen LogP contribution in [-0.2, 0) is 18.3 Å². The minimum Gasteiger partial charge on any atom is -0.593 e. The summed E-state index contributed by atoms with van der Waals surface area (Å²) >= 11 is 0.